The molecule has 1 aromatic rings. The van der Waals surface area contributed by atoms with Gasteiger partial charge in [-0.3, -0.25) is 9.59 Å². The minimum Gasteiger partial charge on any atom is -0.481 e. The maximum atomic E-state index is 12.1. The summed E-state index contributed by atoms with van der Waals surface area (Å²) >= 11 is 3.35. The maximum Gasteiger partial charge on any atom is 0.305 e. The highest BCUT2D eigenvalue weighted by molar-refractivity contribution is 9.10. The second-order valence-electron chi connectivity index (χ2n) is 5.80. The molecular formula is C17H22BrNO4. The van der Waals surface area contributed by atoms with Crippen LogP contribution in [0.25, 0.3) is 0 Å². The topological polar surface area (TPSA) is 75.6 Å². The van der Waals surface area contributed by atoms with E-state index in [2.05, 4.69) is 21.2 Å². The second-order valence-corrected chi connectivity index (χ2v) is 6.71. The van der Waals surface area contributed by atoms with Crippen LogP contribution in [0.15, 0.2) is 28.7 Å². The van der Waals surface area contributed by atoms with Gasteiger partial charge in [-0.05, 0) is 43.4 Å². The fourth-order valence-corrected chi connectivity index (χ4v) is 2.98. The average molecular weight is 384 g/mol. The van der Waals surface area contributed by atoms with E-state index in [0.29, 0.717) is 12.8 Å². The van der Waals surface area contributed by atoms with Gasteiger partial charge in [0.2, 0.25) is 5.91 Å². The molecule has 5 nitrogen and oxygen atoms in total. The van der Waals surface area contributed by atoms with Crippen molar-refractivity contribution < 1.29 is 19.4 Å². The van der Waals surface area contributed by atoms with Crippen molar-refractivity contribution in [3.63, 3.8) is 0 Å². The number of halogens is 1. The van der Waals surface area contributed by atoms with E-state index in [1.54, 1.807) is 0 Å². The number of carboxylic acid groups (broad SMARTS) is 1. The number of aliphatic carboxylic acids is 1. The van der Waals surface area contributed by atoms with Crippen molar-refractivity contribution in [2.75, 3.05) is 6.61 Å². The van der Waals surface area contributed by atoms with Gasteiger partial charge in [-0.2, -0.15) is 0 Å². The van der Waals surface area contributed by atoms with Crippen molar-refractivity contribution in [1.82, 2.24) is 5.32 Å². The van der Waals surface area contributed by atoms with Crippen LogP contribution in [0.1, 0.15) is 50.1 Å². The molecule has 1 aliphatic heterocycles. The molecule has 1 amide bonds. The summed E-state index contributed by atoms with van der Waals surface area (Å²) in [7, 11) is 0. The Labute approximate surface area is 144 Å². The van der Waals surface area contributed by atoms with Gasteiger partial charge in [0.1, 0.15) is 0 Å². The zero-order valence-corrected chi connectivity index (χ0v) is 14.5. The van der Waals surface area contributed by atoms with E-state index in [4.69, 9.17) is 9.84 Å². The molecule has 2 unspecified atom stereocenters. The Bertz CT molecular complexity index is 526. The van der Waals surface area contributed by atoms with Crippen LogP contribution in [-0.4, -0.2) is 29.7 Å². The van der Waals surface area contributed by atoms with Gasteiger partial charge in [-0.25, -0.2) is 0 Å². The molecular weight excluding hydrogens is 362 g/mol. The number of hydrogen-bond donors (Lipinski definition) is 2. The third-order valence-electron chi connectivity index (χ3n) is 3.95. The Morgan fingerprint density at radius 2 is 2.04 bits per heavy atom. The predicted octanol–water partition coefficient (Wildman–Crippen LogP) is 3.43. The summed E-state index contributed by atoms with van der Waals surface area (Å²) in [6, 6.07) is 6.81. The van der Waals surface area contributed by atoms with Gasteiger partial charge in [-0.15, -0.1) is 0 Å². The maximum absolute atomic E-state index is 12.1. The van der Waals surface area contributed by atoms with Crippen LogP contribution >= 0.6 is 15.9 Å². The lowest BCUT2D eigenvalue weighted by Gasteiger charge is -2.23. The van der Waals surface area contributed by atoms with Crippen LogP contribution in [0.4, 0.5) is 0 Å². The first kappa shape index (κ1) is 17.9. The molecule has 1 saturated heterocycles. The number of amides is 1. The lowest BCUT2D eigenvalue weighted by atomic mass is 10.0. The molecule has 0 spiro atoms. The lowest BCUT2D eigenvalue weighted by Crippen LogP contribution is -2.31. The second kappa shape index (κ2) is 9.03. The largest absolute Gasteiger partial charge is 0.481 e. The molecule has 2 rings (SSSR count). The number of carbonyl (C=O) groups is 2. The fourth-order valence-electron chi connectivity index (χ4n) is 2.72. The number of carboxylic acids is 1. The normalized spacial score (nSPS) is 19.1. The number of ether oxygens (including phenoxy) is 1. The Morgan fingerprint density at radius 3 is 2.65 bits per heavy atom. The number of nitrogens with one attached hydrogen (secondary N) is 1. The van der Waals surface area contributed by atoms with Crippen LogP contribution in [0.5, 0.6) is 0 Å². The summed E-state index contributed by atoms with van der Waals surface area (Å²) in [6.07, 6.45) is 4.30. The average Bonchev–Trinajstić information content (AvgIpc) is 2.53. The molecule has 1 aliphatic rings. The Kier molecular flexibility index (Phi) is 7.05. The Hall–Kier alpha value is -1.40. The summed E-state index contributed by atoms with van der Waals surface area (Å²) in [6.45, 7) is 0.771. The molecule has 0 saturated carbocycles. The van der Waals surface area contributed by atoms with Crippen LogP contribution < -0.4 is 5.32 Å². The first-order valence-corrected chi connectivity index (χ1v) is 8.72. The van der Waals surface area contributed by atoms with Crippen molar-refractivity contribution in [2.24, 2.45) is 0 Å². The number of benzene rings is 1. The van der Waals surface area contributed by atoms with Crippen molar-refractivity contribution in [3.8, 4) is 0 Å². The molecule has 0 aromatic heterocycles. The van der Waals surface area contributed by atoms with Crippen molar-refractivity contribution in [1.29, 1.82) is 0 Å². The van der Waals surface area contributed by atoms with E-state index >= 15 is 0 Å². The highest BCUT2D eigenvalue weighted by Crippen LogP contribution is 2.21. The highest BCUT2D eigenvalue weighted by Gasteiger charge is 2.20. The highest BCUT2D eigenvalue weighted by atomic mass is 79.9. The molecule has 1 heterocycles. The van der Waals surface area contributed by atoms with Crippen LogP contribution in [0.2, 0.25) is 0 Å². The minimum atomic E-state index is -0.936. The lowest BCUT2D eigenvalue weighted by molar-refractivity contribution is -0.137. The van der Waals surface area contributed by atoms with E-state index in [1.807, 2.05) is 24.3 Å². The monoisotopic (exact) mass is 383 g/mol. The summed E-state index contributed by atoms with van der Waals surface area (Å²) < 4.78 is 6.53. The van der Waals surface area contributed by atoms with Gasteiger partial charge < -0.3 is 15.2 Å². The summed E-state index contributed by atoms with van der Waals surface area (Å²) in [5.41, 5.74) is 0.790. The minimum absolute atomic E-state index is 0.131. The van der Waals surface area contributed by atoms with Crippen molar-refractivity contribution >= 4 is 27.8 Å². The molecule has 0 aliphatic carbocycles. The van der Waals surface area contributed by atoms with E-state index in [0.717, 1.165) is 35.9 Å². The molecule has 0 bridgehead atoms. The zero-order chi connectivity index (χ0) is 16.7. The van der Waals surface area contributed by atoms with Gasteiger partial charge in [0.15, 0.2) is 0 Å². The van der Waals surface area contributed by atoms with Crippen molar-refractivity contribution in [3.05, 3.63) is 34.3 Å². The quantitative estimate of drug-likeness (QED) is 0.755. The van der Waals surface area contributed by atoms with Crippen molar-refractivity contribution in [2.45, 2.75) is 50.7 Å². The van der Waals surface area contributed by atoms with Gasteiger partial charge in [-0.1, -0.05) is 28.1 Å². The number of rotatable bonds is 7. The van der Waals surface area contributed by atoms with E-state index in [-0.39, 0.29) is 18.4 Å². The van der Waals surface area contributed by atoms with E-state index in [1.165, 1.54) is 0 Å². The Morgan fingerprint density at radius 1 is 1.30 bits per heavy atom. The third kappa shape index (κ3) is 6.31. The van der Waals surface area contributed by atoms with Gasteiger partial charge in [0, 0.05) is 17.5 Å². The predicted molar refractivity (Wildman–Crippen MR) is 90.1 cm³/mol. The zero-order valence-electron chi connectivity index (χ0n) is 13.0. The van der Waals surface area contributed by atoms with Crippen LogP contribution in [0.3, 0.4) is 0 Å². The summed E-state index contributed by atoms with van der Waals surface area (Å²) in [5, 5.41) is 11.9. The smallest absolute Gasteiger partial charge is 0.305 e. The molecule has 6 heteroatoms. The molecule has 126 valence electrons. The number of hydrogen-bond acceptors (Lipinski definition) is 3. The van der Waals surface area contributed by atoms with Gasteiger partial charge in [0.25, 0.3) is 0 Å². The molecule has 1 aromatic carbocycles. The van der Waals surface area contributed by atoms with Crippen LogP contribution in [-0.2, 0) is 14.3 Å². The molecule has 23 heavy (non-hydrogen) atoms. The Balaban J connectivity index is 1.89. The first-order chi connectivity index (χ1) is 11.0. The fraction of sp³-hybridized carbons (Fsp3) is 0.529. The van der Waals surface area contributed by atoms with Gasteiger partial charge in [0.05, 0.1) is 18.6 Å². The SMILES string of the molecule is O=C(O)CC(NC(=O)CCC1CCCCO1)c1ccc(Br)cc1. The van der Waals surface area contributed by atoms with Gasteiger partial charge >= 0.3 is 5.97 Å². The standard InChI is InChI=1S/C17H22BrNO4/c18-13-6-4-12(5-7-13)15(11-17(21)22)19-16(20)9-8-14-3-1-2-10-23-14/h4-7,14-15H,1-3,8-11H2,(H,19,20)(H,21,22). The summed E-state index contributed by atoms with van der Waals surface area (Å²) in [4.78, 5) is 23.2. The van der Waals surface area contributed by atoms with E-state index in [9.17, 15) is 9.59 Å². The molecule has 1 fully saturated rings. The third-order valence-corrected chi connectivity index (χ3v) is 4.48. The van der Waals surface area contributed by atoms with E-state index < -0.39 is 12.0 Å². The molecule has 0 radical (unpaired) electrons. The molecule has 2 atom stereocenters. The van der Waals surface area contributed by atoms with Crippen LogP contribution in [0, 0.1) is 0 Å². The molecule has 2 N–H and O–H groups in total. The first-order valence-electron chi connectivity index (χ1n) is 7.93. The summed E-state index contributed by atoms with van der Waals surface area (Å²) in [5.74, 6) is -1.07. The number of carbonyl (C=O) groups excluding carboxylic acids is 1.